The van der Waals surface area contributed by atoms with Gasteiger partial charge in [-0.1, -0.05) is 127 Å². The first-order valence-corrected chi connectivity index (χ1v) is 16.7. The Balaban J connectivity index is 1.22. The van der Waals surface area contributed by atoms with Crippen LogP contribution >= 0.6 is 0 Å². The Hall–Kier alpha value is -6.78. The van der Waals surface area contributed by atoms with Gasteiger partial charge in [-0.3, -0.25) is 9.97 Å². The van der Waals surface area contributed by atoms with Gasteiger partial charge in [-0.15, -0.1) is 0 Å². The van der Waals surface area contributed by atoms with Crippen LogP contribution in [0.5, 0.6) is 0 Å². The van der Waals surface area contributed by atoms with Crippen molar-refractivity contribution in [2.24, 2.45) is 0 Å². The van der Waals surface area contributed by atoms with Gasteiger partial charge in [-0.05, 0) is 85.3 Å². The molecule has 0 saturated heterocycles. The Bertz CT molecular complexity index is 2560. The van der Waals surface area contributed by atoms with E-state index in [2.05, 4.69) is 149 Å². The topological polar surface area (TPSA) is 51.6 Å². The third-order valence-corrected chi connectivity index (χ3v) is 9.26. The zero-order valence-electron chi connectivity index (χ0n) is 27.1. The minimum Gasteiger partial charge on any atom is -0.264 e. The van der Waals surface area contributed by atoms with Crippen molar-refractivity contribution in [2.75, 3.05) is 0 Å². The minimum absolute atomic E-state index is 0.635. The molecule has 0 N–H and O–H groups in total. The first kappa shape index (κ1) is 29.4. The third-order valence-electron chi connectivity index (χ3n) is 9.26. The van der Waals surface area contributed by atoms with Crippen LogP contribution in [0.2, 0.25) is 0 Å². The van der Waals surface area contributed by atoms with Crippen LogP contribution in [0.1, 0.15) is 0 Å². The largest absolute Gasteiger partial charge is 0.264 e. The maximum Gasteiger partial charge on any atom is 0.161 e. The number of hydrogen-bond donors (Lipinski definition) is 0. The maximum atomic E-state index is 5.12. The van der Waals surface area contributed by atoms with E-state index in [4.69, 9.17) is 9.97 Å². The summed E-state index contributed by atoms with van der Waals surface area (Å²) in [5.74, 6) is 0.635. The summed E-state index contributed by atoms with van der Waals surface area (Å²) in [7, 11) is 0. The smallest absolute Gasteiger partial charge is 0.161 e. The van der Waals surface area contributed by atoms with Crippen LogP contribution in [0, 0.1) is 0 Å². The Morgan fingerprint density at radius 2 is 0.780 bits per heavy atom. The lowest BCUT2D eigenvalue weighted by atomic mass is 9.85. The molecule has 0 atom stereocenters. The highest BCUT2D eigenvalue weighted by Crippen LogP contribution is 2.44. The highest BCUT2D eigenvalue weighted by atomic mass is 14.9. The van der Waals surface area contributed by atoms with Crippen molar-refractivity contribution in [1.29, 1.82) is 0 Å². The van der Waals surface area contributed by atoms with E-state index in [1.807, 2.05) is 30.6 Å². The number of pyridine rings is 2. The van der Waals surface area contributed by atoms with Crippen LogP contribution in [0.4, 0.5) is 0 Å². The van der Waals surface area contributed by atoms with Crippen molar-refractivity contribution in [3.63, 3.8) is 0 Å². The number of fused-ring (bicyclic) bond motifs is 2. The quantitative estimate of drug-likeness (QED) is 0.170. The van der Waals surface area contributed by atoms with Gasteiger partial charge in [0.15, 0.2) is 5.82 Å². The molecule has 0 saturated carbocycles. The van der Waals surface area contributed by atoms with Gasteiger partial charge < -0.3 is 0 Å². The monoisotopic (exact) mass is 638 g/mol. The molecule has 6 aromatic carbocycles. The highest BCUT2D eigenvalue weighted by Gasteiger charge is 2.18. The normalized spacial score (nSPS) is 11.2. The fourth-order valence-electron chi connectivity index (χ4n) is 6.92. The molecule has 9 aromatic rings. The molecular formula is C46H30N4. The summed E-state index contributed by atoms with van der Waals surface area (Å²) in [5.41, 5.74) is 11.6. The van der Waals surface area contributed by atoms with Gasteiger partial charge in [0.05, 0.1) is 11.4 Å². The van der Waals surface area contributed by atoms with E-state index in [9.17, 15) is 0 Å². The third kappa shape index (κ3) is 5.39. The van der Waals surface area contributed by atoms with Crippen LogP contribution in [0.15, 0.2) is 183 Å². The second kappa shape index (κ2) is 12.7. The number of nitrogens with zero attached hydrogens (tertiary/aromatic N) is 4. The Kier molecular flexibility index (Phi) is 7.45. The standard InChI is InChI=1S/C46H30N4/c1-2-11-33(12-3-1)44-38-17-4-6-19-40(38)45(41-20-7-5-18-39(41)44)35-14-8-13-34(27-35)43-28-42(49-46(50-43)37-16-10-26-48-30-37)32-23-21-31(22-24-32)36-15-9-25-47-29-36/h1-30H. The second-order valence-electron chi connectivity index (χ2n) is 12.3. The summed E-state index contributed by atoms with van der Waals surface area (Å²) in [5, 5.41) is 4.90. The van der Waals surface area contributed by atoms with E-state index >= 15 is 0 Å². The van der Waals surface area contributed by atoms with E-state index in [1.54, 1.807) is 12.4 Å². The lowest BCUT2D eigenvalue weighted by Crippen LogP contribution is -1.96. The van der Waals surface area contributed by atoms with Crippen LogP contribution in [0.3, 0.4) is 0 Å². The first-order valence-electron chi connectivity index (χ1n) is 16.7. The summed E-state index contributed by atoms with van der Waals surface area (Å²) in [6.07, 6.45) is 7.26. The van der Waals surface area contributed by atoms with E-state index in [0.717, 1.165) is 44.8 Å². The van der Waals surface area contributed by atoms with E-state index in [-0.39, 0.29) is 0 Å². The van der Waals surface area contributed by atoms with Crippen molar-refractivity contribution in [3.8, 4) is 67.3 Å². The van der Waals surface area contributed by atoms with Gasteiger partial charge in [0.25, 0.3) is 0 Å². The molecule has 50 heavy (non-hydrogen) atoms. The van der Waals surface area contributed by atoms with Crippen molar-refractivity contribution < 1.29 is 0 Å². The molecule has 3 aromatic heterocycles. The highest BCUT2D eigenvalue weighted by molar-refractivity contribution is 6.21. The molecule has 3 heterocycles. The molecule has 9 rings (SSSR count). The predicted octanol–water partition coefficient (Wildman–Crippen LogP) is 11.6. The second-order valence-corrected chi connectivity index (χ2v) is 12.3. The summed E-state index contributed by atoms with van der Waals surface area (Å²) in [4.78, 5) is 18.8. The SMILES string of the molecule is c1ccc(-c2c3ccccc3c(-c3cccc(-c4cc(-c5ccc(-c6cccnc6)cc5)nc(-c5cccnc5)n4)c3)c3ccccc23)cc1. The number of benzene rings is 6. The molecule has 234 valence electrons. The number of aromatic nitrogens is 4. The Morgan fingerprint density at radius 3 is 1.38 bits per heavy atom. The average molecular weight is 639 g/mol. The van der Waals surface area contributed by atoms with E-state index < -0.39 is 0 Å². The number of rotatable bonds is 6. The Labute approximate surface area is 290 Å². The molecule has 0 radical (unpaired) electrons. The van der Waals surface area contributed by atoms with Crippen LogP contribution in [-0.4, -0.2) is 19.9 Å². The Morgan fingerprint density at radius 1 is 0.300 bits per heavy atom. The fraction of sp³-hybridized carbons (Fsp3) is 0. The number of hydrogen-bond acceptors (Lipinski definition) is 4. The predicted molar refractivity (Wildman–Crippen MR) is 205 cm³/mol. The summed E-state index contributed by atoms with van der Waals surface area (Å²) in [6.45, 7) is 0. The molecule has 4 nitrogen and oxygen atoms in total. The molecule has 0 aliphatic heterocycles. The molecule has 0 amide bonds. The molecule has 0 unspecified atom stereocenters. The van der Waals surface area contributed by atoms with Gasteiger partial charge >= 0.3 is 0 Å². The summed E-state index contributed by atoms with van der Waals surface area (Å²) < 4.78 is 0. The molecule has 0 aliphatic rings. The molecule has 0 aliphatic carbocycles. The van der Waals surface area contributed by atoms with Crippen molar-refractivity contribution in [1.82, 2.24) is 19.9 Å². The maximum absolute atomic E-state index is 5.12. The summed E-state index contributed by atoms with van der Waals surface area (Å²) >= 11 is 0. The van der Waals surface area contributed by atoms with Gasteiger partial charge in [0.2, 0.25) is 0 Å². The molecule has 0 spiro atoms. The van der Waals surface area contributed by atoms with Crippen molar-refractivity contribution in [3.05, 3.63) is 183 Å². The van der Waals surface area contributed by atoms with E-state index in [0.29, 0.717) is 5.82 Å². The van der Waals surface area contributed by atoms with Crippen molar-refractivity contribution >= 4 is 21.5 Å². The molecule has 0 bridgehead atoms. The van der Waals surface area contributed by atoms with Gasteiger partial charge in [-0.2, -0.15) is 0 Å². The van der Waals surface area contributed by atoms with Crippen LogP contribution in [-0.2, 0) is 0 Å². The molecule has 0 fully saturated rings. The fourth-order valence-corrected chi connectivity index (χ4v) is 6.92. The van der Waals surface area contributed by atoms with Crippen LogP contribution < -0.4 is 0 Å². The van der Waals surface area contributed by atoms with Crippen LogP contribution in [0.25, 0.3) is 88.8 Å². The first-order chi connectivity index (χ1) is 24.8. The van der Waals surface area contributed by atoms with Gasteiger partial charge in [0, 0.05) is 41.5 Å². The lowest BCUT2D eigenvalue weighted by molar-refractivity contribution is 1.17. The van der Waals surface area contributed by atoms with Gasteiger partial charge in [-0.25, -0.2) is 9.97 Å². The lowest BCUT2D eigenvalue weighted by Gasteiger charge is -2.18. The zero-order chi connectivity index (χ0) is 33.3. The minimum atomic E-state index is 0.635. The molecule has 4 heteroatoms. The zero-order valence-corrected chi connectivity index (χ0v) is 27.1. The molecular weight excluding hydrogens is 609 g/mol. The average Bonchev–Trinajstić information content (AvgIpc) is 3.21. The summed E-state index contributed by atoms with van der Waals surface area (Å²) in [6, 6.07) is 55.5. The van der Waals surface area contributed by atoms with E-state index in [1.165, 1.54) is 38.2 Å². The van der Waals surface area contributed by atoms with Crippen molar-refractivity contribution in [2.45, 2.75) is 0 Å². The van der Waals surface area contributed by atoms with Gasteiger partial charge in [0.1, 0.15) is 0 Å².